The van der Waals surface area contributed by atoms with Crippen LogP contribution in [0.25, 0.3) is 0 Å². The van der Waals surface area contributed by atoms with Gasteiger partial charge in [0.2, 0.25) is 0 Å². The molecule has 0 spiro atoms. The molecule has 22 heavy (non-hydrogen) atoms. The van der Waals surface area contributed by atoms with Crippen LogP contribution in [0.1, 0.15) is 5.56 Å². The molecule has 1 saturated heterocycles. The van der Waals surface area contributed by atoms with Crippen LogP contribution in [0.3, 0.4) is 0 Å². The maximum absolute atomic E-state index is 11.9. The number of hydrogen-bond donors (Lipinski definition) is 2. The minimum absolute atomic E-state index is 0.158. The molecule has 1 aliphatic heterocycles. The van der Waals surface area contributed by atoms with Crippen molar-refractivity contribution in [2.24, 2.45) is 0 Å². The Balaban J connectivity index is 1.76. The molecule has 6 heteroatoms. The summed E-state index contributed by atoms with van der Waals surface area (Å²) in [6.45, 7) is 6.93. The monoisotopic (exact) mass is 306 g/mol. The molecule has 1 aromatic carbocycles. The van der Waals surface area contributed by atoms with Crippen LogP contribution in [0.4, 0.5) is 16.2 Å². The van der Waals surface area contributed by atoms with Crippen molar-refractivity contribution in [1.82, 2.24) is 10.2 Å². The smallest absolute Gasteiger partial charge is 0.319 e. The van der Waals surface area contributed by atoms with Gasteiger partial charge in [0, 0.05) is 51.6 Å². The van der Waals surface area contributed by atoms with Gasteiger partial charge in [-0.05, 0) is 30.7 Å². The van der Waals surface area contributed by atoms with E-state index in [4.69, 9.17) is 4.74 Å². The van der Waals surface area contributed by atoms with Crippen LogP contribution in [-0.4, -0.2) is 64.4 Å². The summed E-state index contributed by atoms with van der Waals surface area (Å²) in [5, 5.41) is 5.80. The summed E-state index contributed by atoms with van der Waals surface area (Å²) >= 11 is 0. The van der Waals surface area contributed by atoms with E-state index >= 15 is 0 Å². The van der Waals surface area contributed by atoms with Crippen molar-refractivity contribution in [3.05, 3.63) is 23.8 Å². The highest BCUT2D eigenvalue weighted by molar-refractivity contribution is 5.90. The van der Waals surface area contributed by atoms with Crippen LogP contribution in [-0.2, 0) is 4.74 Å². The molecule has 0 aliphatic carbocycles. The van der Waals surface area contributed by atoms with E-state index < -0.39 is 0 Å². The molecule has 6 nitrogen and oxygen atoms in total. The Hall–Kier alpha value is -1.79. The average molecular weight is 306 g/mol. The van der Waals surface area contributed by atoms with Crippen molar-refractivity contribution in [3.63, 3.8) is 0 Å². The predicted molar refractivity (Wildman–Crippen MR) is 89.8 cm³/mol. The fourth-order valence-corrected chi connectivity index (χ4v) is 2.39. The molecule has 1 heterocycles. The van der Waals surface area contributed by atoms with E-state index in [0.717, 1.165) is 49.8 Å². The minimum Gasteiger partial charge on any atom is -0.379 e. The molecule has 122 valence electrons. The Morgan fingerprint density at radius 2 is 2.05 bits per heavy atom. The van der Waals surface area contributed by atoms with Crippen molar-refractivity contribution in [3.8, 4) is 0 Å². The fraction of sp³-hybridized carbons (Fsp3) is 0.562. The zero-order valence-corrected chi connectivity index (χ0v) is 13.7. The van der Waals surface area contributed by atoms with E-state index in [1.807, 2.05) is 38.1 Å². The van der Waals surface area contributed by atoms with E-state index in [9.17, 15) is 4.79 Å². The average Bonchev–Trinajstić information content (AvgIpc) is 2.50. The van der Waals surface area contributed by atoms with Gasteiger partial charge in [-0.2, -0.15) is 0 Å². The van der Waals surface area contributed by atoms with E-state index in [0.29, 0.717) is 6.54 Å². The molecule has 1 fully saturated rings. The number of amides is 2. The van der Waals surface area contributed by atoms with E-state index in [1.165, 1.54) is 0 Å². The minimum atomic E-state index is -0.158. The van der Waals surface area contributed by atoms with Crippen LogP contribution >= 0.6 is 0 Å². The molecule has 0 saturated carbocycles. The second-order valence-corrected chi connectivity index (χ2v) is 5.73. The molecule has 2 amide bonds. The van der Waals surface area contributed by atoms with Crippen LogP contribution in [0.5, 0.6) is 0 Å². The summed E-state index contributed by atoms with van der Waals surface area (Å²) in [4.78, 5) is 16.3. The van der Waals surface area contributed by atoms with Crippen molar-refractivity contribution in [2.75, 3.05) is 63.7 Å². The second kappa shape index (κ2) is 8.00. The molecule has 2 rings (SSSR count). The van der Waals surface area contributed by atoms with Gasteiger partial charge in [0.1, 0.15) is 0 Å². The molecular formula is C16H26N4O2. The third-order valence-corrected chi connectivity index (χ3v) is 3.79. The number of aryl methyl sites for hydroxylation is 1. The highest BCUT2D eigenvalue weighted by Gasteiger charge is 2.10. The number of hydrogen-bond acceptors (Lipinski definition) is 4. The van der Waals surface area contributed by atoms with Gasteiger partial charge in [-0.1, -0.05) is 0 Å². The van der Waals surface area contributed by atoms with Crippen LogP contribution in [0.2, 0.25) is 0 Å². The van der Waals surface area contributed by atoms with Crippen LogP contribution < -0.4 is 15.5 Å². The number of benzene rings is 1. The van der Waals surface area contributed by atoms with Crippen molar-refractivity contribution in [1.29, 1.82) is 0 Å². The predicted octanol–water partition coefficient (Wildman–Crippen LogP) is 1.51. The molecule has 0 aromatic heterocycles. The first-order valence-electron chi connectivity index (χ1n) is 7.69. The van der Waals surface area contributed by atoms with Gasteiger partial charge in [-0.15, -0.1) is 0 Å². The second-order valence-electron chi connectivity index (χ2n) is 5.73. The number of morpholine rings is 1. The van der Waals surface area contributed by atoms with E-state index in [1.54, 1.807) is 0 Å². The third-order valence-electron chi connectivity index (χ3n) is 3.79. The number of carbonyl (C=O) groups excluding carboxylic acids is 1. The zero-order chi connectivity index (χ0) is 15.9. The summed E-state index contributed by atoms with van der Waals surface area (Å²) in [5.74, 6) is 0. The number of carbonyl (C=O) groups is 1. The third kappa shape index (κ3) is 4.89. The Bertz CT molecular complexity index is 499. The topological polar surface area (TPSA) is 56.8 Å². The summed E-state index contributed by atoms with van der Waals surface area (Å²) < 4.78 is 5.30. The van der Waals surface area contributed by atoms with Gasteiger partial charge in [0.25, 0.3) is 0 Å². The number of ether oxygens (including phenoxy) is 1. The number of urea groups is 1. The zero-order valence-electron chi connectivity index (χ0n) is 13.7. The number of rotatable bonds is 5. The lowest BCUT2D eigenvalue weighted by molar-refractivity contribution is 0.0388. The lowest BCUT2D eigenvalue weighted by Gasteiger charge is -2.26. The molecule has 1 aliphatic rings. The summed E-state index contributed by atoms with van der Waals surface area (Å²) in [6.07, 6.45) is 0. The lowest BCUT2D eigenvalue weighted by Crippen LogP contribution is -2.42. The Labute approximate surface area is 132 Å². The first-order valence-corrected chi connectivity index (χ1v) is 7.69. The van der Waals surface area contributed by atoms with Gasteiger partial charge in [-0.3, -0.25) is 4.90 Å². The largest absolute Gasteiger partial charge is 0.379 e. The SMILES string of the molecule is Cc1cc(N(C)C)ccc1NC(=O)NCCN1CCOCC1. The summed E-state index contributed by atoms with van der Waals surface area (Å²) in [6, 6.07) is 5.83. The molecule has 2 N–H and O–H groups in total. The van der Waals surface area contributed by atoms with Crippen LogP contribution in [0.15, 0.2) is 18.2 Å². The van der Waals surface area contributed by atoms with E-state index in [-0.39, 0.29) is 6.03 Å². The quantitative estimate of drug-likeness (QED) is 0.866. The molecule has 0 atom stereocenters. The van der Waals surface area contributed by atoms with Crippen molar-refractivity contribution < 1.29 is 9.53 Å². The number of nitrogens with one attached hydrogen (secondary N) is 2. The van der Waals surface area contributed by atoms with Gasteiger partial charge >= 0.3 is 6.03 Å². The Kier molecular flexibility index (Phi) is 6.03. The number of anilines is 2. The highest BCUT2D eigenvalue weighted by Crippen LogP contribution is 2.21. The summed E-state index contributed by atoms with van der Waals surface area (Å²) in [7, 11) is 4.00. The lowest BCUT2D eigenvalue weighted by atomic mass is 10.1. The van der Waals surface area contributed by atoms with Gasteiger partial charge in [0.05, 0.1) is 13.2 Å². The fourth-order valence-electron chi connectivity index (χ4n) is 2.39. The Morgan fingerprint density at radius 3 is 2.68 bits per heavy atom. The normalized spacial score (nSPS) is 15.4. The summed E-state index contributed by atoms with van der Waals surface area (Å²) in [5.41, 5.74) is 3.01. The van der Waals surface area contributed by atoms with Gasteiger partial charge in [-0.25, -0.2) is 4.79 Å². The molecule has 0 radical (unpaired) electrons. The van der Waals surface area contributed by atoms with E-state index in [2.05, 4.69) is 21.6 Å². The Morgan fingerprint density at radius 1 is 1.32 bits per heavy atom. The first kappa shape index (κ1) is 16.6. The standard InChI is InChI=1S/C16H26N4O2/c1-13-12-14(19(2)3)4-5-15(13)18-16(21)17-6-7-20-8-10-22-11-9-20/h4-5,12H,6-11H2,1-3H3,(H2,17,18,21). The maximum atomic E-state index is 11.9. The number of nitrogens with zero attached hydrogens (tertiary/aromatic N) is 2. The molecule has 1 aromatic rings. The maximum Gasteiger partial charge on any atom is 0.319 e. The van der Waals surface area contributed by atoms with Crippen molar-refractivity contribution in [2.45, 2.75) is 6.92 Å². The first-order chi connectivity index (χ1) is 10.6. The molecular weight excluding hydrogens is 280 g/mol. The highest BCUT2D eigenvalue weighted by atomic mass is 16.5. The molecule has 0 bridgehead atoms. The molecule has 0 unspecified atom stereocenters. The van der Waals surface area contributed by atoms with Gasteiger partial charge < -0.3 is 20.3 Å². The van der Waals surface area contributed by atoms with Gasteiger partial charge in [0.15, 0.2) is 0 Å². The van der Waals surface area contributed by atoms with Crippen LogP contribution in [0, 0.1) is 6.92 Å². The van der Waals surface area contributed by atoms with Crippen molar-refractivity contribution >= 4 is 17.4 Å².